The van der Waals surface area contributed by atoms with Crippen LogP contribution in [-0.2, 0) is 11.2 Å². The standard InChI is InChI=1S/C13H11NO5/c15-13(16)12(8-11-2-1-7-19-11)9-3-5-10(6-4-9)14(17)18/h1-7,12H,8H2,(H,15,16). The molecule has 0 saturated heterocycles. The Bertz CT molecular complexity index is 574. The highest BCUT2D eigenvalue weighted by Gasteiger charge is 2.22. The van der Waals surface area contributed by atoms with E-state index in [1.165, 1.54) is 30.5 Å². The molecular weight excluding hydrogens is 250 g/mol. The first-order valence-corrected chi connectivity index (χ1v) is 5.57. The highest BCUT2D eigenvalue weighted by Crippen LogP contribution is 2.23. The van der Waals surface area contributed by atoms with Gasteiger partial charge >= 0.3 is 5.97 Å². The molecule has 2 rings (SSSR count). The number of aliphatic carboxylic acids is 1. The van der Waals surface area contributed by atoms with Gasteiger partial charge in [0, 0.05) is 18.6 Å². The molecule has 0 amide bonds. The van der Waals surface area contributed by atoms with Crippen LogP contribution in [0.15, 0.2) is 47.1 Å². The summed E-state index contributed by atoms with van der Waals surface area (Å²) in [5.41, 5.74) is 0.445. The maximum absolute atomic E-state index is 11.3. The van der Waals surface area contributed by atoms with Gasteiger partial charge in [-0.25, -0.2) is 0 Å². The molecule has 1 atom stereocenters. The predicted molar refractivity (Wildman–Crippen MR) is 65.9 cm³/mol. The Labute approximate surface area is 108 Å². The van der Waals surface area contributed by atoms with Crippen molar-refractivity contribution >= 4 is 11.7 Å². The molecule has 0 fully saturated rings. The van der Waals surface area contributed by atoms with E-state index in [0.29, 0.717) is 11.3 Å². The summed E-state index contributed by atoms with van der Waals surface area (Å²) in [5.74, 6) is -1.22. The van der Waals surface area contributed by atoms with Crippen molar-refractivity contribution in [1.82, 2.24) is 0 Å². The van der Waals surface area contributed by atoms with Crippen molar-refractivity contribution in [2.75, 3.05) is 0 Å². The molecule has 98 valence electrons. The minimum Gasteiger partial charge on any atom is -0.481 e. The van der Waals surface area contributed by atoms with E-state index < -0.39 is 16.8 Å². The Morgan fingerprint density at radius 3 is 2.47 bits per heavy atom. The Morgan fingerprint density at radius 2 is 2.00 bits per heavy atom. The number of nitrogens with zero attached hydrogens (tertiary/aromatic N) is 1. The minimum atomic E-state index is -0.995. The van der Waals surface area contributed by atoms with Gasteiger partial charge in [-0.3, -0.25) is 14.9 Å². The molecule has 0 aliphatic rings. The smallest absolute Gasteiger partial charge is 0.311 e. The van der Waals surface area contributed by atoms with Crippen molar-refractivity contribution < 1.29 is 19.2 Å². The monoisotopic (exact) mass is 261 g/mol. The number of benzene rings is 1. The first kappa shape index (κ1) is 12.8. The van der Waals surface area contributed by atoms with Crippen LogP contribution in [0.4, 0.5) is 5.69 Å². The highest BCUT2D eigenvalue weighted by atomic mass is 16.6. The number of rotatable bonds is 5. The zero-order valence-corrected chi connectivity index (χ0v) is 9.85. The zero-order valence-electron chi connectivity index (χ0n) is 9.85. The van der Waals surface area contributed by atoms with E-state index in [1.54, 1.807) is 12.1 Å². The molecule has 1 unspecified atom stereocenters. The quantitative estimate of drug-likeness (QED) is 0.659. The molecule has 0 spiro atoms. The maximum Gasteiger partial charge on any atom is 0.311 e. The first-order valence-electron chi connectivity index (χ1n) is 5.57. The van der Waals surface area contributed by atoms with Gasteiger partial charge < -0.3 is 9.52 Å². The van der Waals surface area contributed by atoms with Gasteiger partial charge in [-0.15, -0.1) is 0 Å². The van der Waals surface area contributed by atoms with E-state index in [4.69, 9.17) is 4.42 Å². The SMILES string of the molecule is O=C(O)C(Cc1ccco1)c1ccc([N+](=O)[O-])cc1. The van der Waals surface area contributed by atoms with Gasteiger partial charge in [-0.1, -0.05) is 12.1 Å². The third-order valence-corrected chi connectivity index (χ3v) is 2.79. The second-order valence-electron chi connectivity index (χ2n) is 4.02. The van der Waals surface area contributed by atoms with Crippen molar-refractivity contribution in [2.45, 2.75) is 12.3 Å². The summed E-state index contributed by atoms with van der Waals surface area (Å²) in [5, 5.41) is 19.8. The number of nitro benzene ring substituents is 1. The van der Waals surface area contributed by atoms with Crippen molar-refractivity contribution in [1.29, 1.82) is 0 Å². The van der Waals surface area contributed by atoms with Crippen LogP contribution in [-0.4, -0.2) is 16.0 Å². The molecule has 1 N–H and O–H groups in total. The van der Waals surface area contributed by atoms with Gasteiger partial charge in [0.25, 0.3) is 5.69 Å². The summed E-state index contributed by atoms with van der Waals surface area (Å²) in [6.07, 6.45) is 1.68. The second kappa shape index (κ2) is 5.34. The van der Waals surface area contributed by atoms with Crippen LogP contribution < -0.4 is 0 Å². The minimum absolute atomic E-state index is 0.0640. The molecule has 1 aromatic carbocycles. The van der Waals surface area contributed by atoms with E-state index >= 15 is 0 Å². The number of carboxylic acids is 1. The lowest BCUT2D eigenvalue weighted by Gasteiger charge is -2.10. The summed E-state index contributed by atoms with van der Waals surface area (Å²) < 4.78 is 5.13. The van der Waals surface area contributed by atoms with Crippen LogP contribution >= 0.6 is 0 Å². The van der Waals surface area contributed by atoms with Crippen LogP contribution in [0.2, 0.25) is 0 Å². The number of hydrogen-bond donors (Lipinski definition) is 1. The number of nitro groups is 1. The van der Waals surface area contributed by atoms with Crippen molar-refractivity contribution in [3.8, 4) is 0 Å². The van der Waals surface area contributed by atoms with Gasteiger partial charge in [0.1, 0.15) is 5.76 Å². The highest BCUT2D eigenvalue weighted by molar-refractivity contribution is 5.76. The first-order chi connectivity index (χ1) is 9.08. The van der Waals surface area contributed by atoms with Gasteiger partial charge in [-0.05, 0) is 17.7 Å². The lowest BCUT2D eigenvalue weighted by atomic mass is 9.94. The van der Waals surface area contributed by atoms with E-state index in [0.717, 1.165) is 0 Å². The number of non-ortho nitro benzene ring substituents is 1. The zero-order chi connectivity index (χ0) is 13.8. The molecule has 1 aromatic heterocycles. The molecule has 0 bridgehead atoms. The number of carboxylic acid groups (broad SMARTS) is 1. The van der Waals surface area contributed by atoms with Gasteiger partial charge in [0.05, 0.1) is 17.1 Å². The van der Waals surface area contributed by atoms with Crippen LogP contribution in [0.25, 0.3) is 0 Å². The van der Waals surface area contributed by atoms with Crippen LogP contribution in [0.3, 0.4) is 0 Å². The lowest BCUT2D eigenvalue weighted by molar-refractivity contribution is -0.384. The average molecular weight is 261 g/mol. The molecule has 0 saturated carbocycles. The largest absolute Gasteiger partial charge is 0.481 e. The number of carbonyl (C=O) groups is 1. The van der Waals surface area contributed by atoms with Crippen molar-refractivity contribution in [2.24, 2.45) is 0 Å². The summed E-state index contributed by atoms with van der Waals surface area (Å²) >= 11 is 0. The normalized spacial score (nSPS) is 12.0. The van der Waals surface area contributed by atoms with E-state index in [1.807, 2.05) is 0 Å². The summed E-state index contributed by atoms with van der Waals surface area (Å²) in [7, 11) is 0. The average Bonchev–Trinajstić information content (AvgIpc) is 2.88. The van der Waals surface area contributed by atoms with Crippen LogP contribution in [0, 0.1) is 10.1 Å². The Hall–Kier alpha value is -2.63. The maximum atomic E-state index is 11.3. The number of furan rings is 1. The Balaban J connectivity index is 2.24. The molecule has 6 heteroatoms. The molecule has 0 aliphatic heterocycles. The fraction of sp³-hybridized carbons (Fsp3) is 0.154. The third-order valence-electron chi connectivity index (χ3n) is 2.79. The predicted octanol–water partition coefficient (Wildman–Crippen LogP) is 2.60. The molecule has 6 nitrogen and oxygen atoms in total. The molecule has 0 radical (unpaired) electrons. The Kier molecular flexibility index (Phi) is 3.61. The van der Waals surface area contributed by atoms with Gasteiger partial charge in [0.15, 0.2) is 0 Å². The lowest BCUT2D eigenvalue weighted by Crippen LogP contribution is -2.14. The van der Waals surface area contributed by atoms with Crippen molar-refractivity contribution in [3.63, 3.8) is 0 Å². The van der Waals surface area contributed by atoms with Crippen LogP contribution in [0.1, 0.15) is 17.2 Å². The van der Waals surface area contributed by atoms with Gasteiger partial charge in [-0.2, -0.15) is 0 Å². The molecule has 2 aromatic rings. The van der Waals surface area contributed by atoms with E-state index in [-0.39, 0.29) is 12.1 Å². The fourth-order valence-corrected chi connectivity index (χ4v) is 1.81. The summed E-state index contributed by atoms with van der Waals surface area (Å²) in [6, 6.07) is 8.89. The van der Waals surface area contributed by atoms with E-state index in [9.17, 15) is 20.0 Å². The van der Waals surface area contributed by atoms with E-state index in [2.05, 4.69) is 0 Å². The molecular formula is C13H11NO5. The third kappa shape index (κ3) is 2.98. The molecule has 19 heavy (non-hydrogen) atoms. The van der Waals surface area contributed by atoms with Gasteiger partial charge in [0.2, 0.25) is 0 Å². The summed E-state index contributed by atoms with van der Waals surface area (Å²) in [6.45, 7) is 0. The molecule has 1 heterocycles. The number of hydrogen-bond acceptors (Lipinski definition) is 4. The van der Waals surface area contributed by atoms with Crippen LogP contribution in [0.5, 0.6) is 0 Å². The fourth-order valence-electron chi connectivity index (χ4n) is 1.81. The topological polar surface area (TPSA) is 93.6 Å². The molecule has 0 aliphatic carbocycles. The van der Waals surface area contributed by atoms with Crippen molar-refractivity contribution in [3.05, 3.63) is 64.1 Å². The summed E-state index contributed by atoms with van der Waals surface area (Å²) in [4.78, 5) is 21.3. The second-order valence-corrected chi connectivity index (χ2v) is 4.02. The Morgan fingerprint density at radius 1 is 1.32 bits per heavy atom.